The molecule has 32 heavy (non-hydrogen) atoms. The topological polar surface area (TPSA) is 85.8 Å². The van der Waals surface area contributed by atoms with E-state index in [2.05, 4.69) is 20.2 Å². The van der Waals surface area contributed by atoms with Gasteiger partial charge in [-0.3, -0.25) is 4.79 Å². The molecule has 1 amide bonds. The van der Waals surface area contributed by atoms with Crippen LogP contribution in [-0.4, -0.2) is 55.4 Å². The van der Waals surface area contributed by atoms with E-state index in [-0.39, 0.29) is 23.3 Å². The molecular formula is C24H30N4O4. The SMILES string of the molecule is COC1CC(C(=O)Nc2ccc(Oc3cnc(N4CCC5(CCOC5)C4)cn3)c(C)c2)C1. The van der Waals surface area contributed by atoms with Crippen LogP contribution >= 0.6 is 0 Å². The highest BCUT2D eigenvalue weighted by atomic mass is 16.5. The molecule has 170 valence electrons. The lowest BCUT2D eigenvalue weighted by Gasteiger charge is -2.32. The number of hydrogen-bond donors (Lipinski definition) is 1. The van der Waals surface area contributed by atoms with E-state index in [1.807, 2.05) is 25.1 Å². The summed E-state index contributed by atoms with van der Waals surface area (Å²) in [4.78, 5) is 23.7. The van der Waals surface area contributed by atoms with Gasteiger partial charge in [0.2, 0.25) is 11.8 Å². The quantitative estimate of drug-likeness (QED) is 0.738. The van der Waals surface area contributed by atoms with E-state index in [0.717, 1.165) is 69.1 Å². The zero-order chi connectivity index (χ0) is 22.1. The third-order valence-electron chi connectivity index (χ3n) is 7.02. The molecule has 3 fully saturated rings. The average Bonchev–Trinajstić information content (AvgIpc) is 3.40. The molecule has 1 N–H and O–H groups in total. The maximum atomic E-state index is 12.3. The second-order valence-corrected chi connectivity index (χ2v) is 9.28. The Bertz CT molecular complexity index is 968. The second-order valence-electron chi connectivity index (χ2n) is 9.28. The number of carbonyl (C=O) groups excluding carboxylic acids is 1. The van der Waals surface area contributed by atoms with E-state index in [9.17, 15) is 4.79 Å². The number of aromatic nitrogens is 2. The molecule has 2 saturated heterocycles. The Hall–Kier alpha value is -2.71. The molecule has 1 aromatic carbocycles. The molecule has 1 aliphatic carbocycles. The molecule has 1 atom stereocenters. The normalized spacial score (nSPS) is 26.9. The summed E-state index contributed by atoms with van der Waals surface area (Å²) >= 11 is 0. The highest BCUT2D eigenvalue weighted by molar-refractivity contribution is 5.93. The predicted molar refractivity (Wildman–Crippen MR) is 120 cm³/mol. The molecule has 1 unspecified atom stereocenters. The number of methoxy groups -OCH3 is 1. The summed E-state index contributed by atoms with van der Waals surface area (Å²) in [5, 5.41) is 2.99. The van der Waals surface area contributed by atoms with Crippen LogP contribution in [0.1, 0.15) is 31.2 Å². The van der Waals surface area contributed by atoms with Crippen molar-refractivity contribution in [1.29, 1.82) is 0 Å². The van der Waals surface area contributed by atoms with Gasteiger partial charge in [-0.1, -0.05) is 0 Å². The number of carbonyl (C=O) groups is 1. The van der Waals surface area contributed by atoms with Crippen LogP contribution in [0.4, 0.5) is 11.5 Å². The highest BCUT2D eigenvalue weighted by Gasteiger charge is 2.41. The molecular weight excluding hydrogens is 408 g/mol. The molecule has 2 aliphatic heterocycles. The number of hydrogen-bond acceptors (Lipinski definition) is 7. The minimum Gasteiger partial charge on any atom is -0.437 e. The molecule has 1 saturated carbocycles. The number of anilines is 2. The molecule has 5 rings (SSSR count). The van der Waals surface area contributed by atoms with E-state index in [1.54, 1.807) is 19.5 Å². The van der Waals surface area contributed by atoms with Crippen LogP contribution in [0.25, 0.3) is 0 Å². The van der Waals surface area contributed by atoms with Crippen LogP contribution in [0.2, 0.25) is 0 Å². The van der Waals surface area contributed by atoms with Gasteiger partial charge in [-0.25, -0.2) is 9.97 Å². The first-order valence-corrected chi connectivity index (χ1v) is 11.3. The number of aryl methyl sites for hydroxylation is 1. The molecule has 3 aliphatic rings. The minimum absolute atomic E-state index is 0.0247. The van der Waals surface area contributed by atoms with Gasteiger partial charge < -0.3 is 24.4 Å². The van der Waals surface area contributed by atoms with Crippen molar-refractivity contribution < 1.29 is 19.0 Å². The number of nitrogens with zero attached hydrogens (tertiary/aromatic N) is 3. The summed E-state index contributed by atoms with van der Waals surface area (Å²) in [6, 6.07) is 5.61. The Morgan fingerprint density at radius 3 is 2.81 bits per heavy atom. The Labute approximate surface area is 188 Å². The van der Waals surface area contributed by atoms with Gasteiger partial charge >= 0.3 is 0 Å². The van der Waals surface area contributed by atoms with Gasteiger partial charge in [-0.2, -0.15) is 0 Å². The third-order valence-corrected chi connectivity index (χ3v) is 7.02. The number of ether oxygens (including phenoxy) is 3. The number of benzene rings is 1. The first-order chi connectivity index (χ1) is 15.5. The number of amides is 1. The Morgan fingerprint density at radius 2 is 2.12 bits per heavy atom. The Kier molecular flexibility index (Phi) is 5.73. The van der Waals surface area contributed by atoms with Gasteiger partial charge in [-0.05, 0) is 56.4 Å². The molecule has 0 bridgehead atoms. The van der Waals surface area contributed by atoms with Crippen molar-refractivity contribution in [3.05, 3.63) is 36.2 Å². The van der Waals surface area contributed by atoms with Gasteiger partial charge in [-0.15, -0.1) is 0 Å². The first kappa shape index (κ1) is 21.2. The van der Waals surface area contributed by atoms with Gasteiger partial charge in [0.05, 0.1) is 25.1 Å². The van der Waals surface area contributed by atoms with Crippen molar-refractivity contribution in [2.45, 2.75) is 38.7 Å². The maximum absolute atomic E-state index is 12.3. The summed E-state index contributed by atoms with van der Waals surface area (Å²) in [5.74, 6) is 2.09. The van der Waals surface area contributed by atoms with Crippen molar-refractivity contribution in [2.24, 2.45) is 11.3 Å². The lowest BCUT2D eigenvalue weighted by Crippen LogP contribution is -2.38. The fourth-order valence-corrected chi connectivity index (χ4v) is 4.80. The first-order valence-electron chi connectivity index (χ1n) is 11.3. The monoisotopic (exact) mass is 438 g/mol. The van der Waals surface area contributed by atoms with Crippen molar-refractivity contribution in [1.82, 2.24) is 9.97 Å². The van der Waals surface area contributed by atoms with Gasteiger partial charge in [0.1, 0.15) is 11.6 Å². The molecule has 0 radical (unpaired) electrons. The highest BCUT2D eigenvalue weighted by Crippen LogP contribution is 2.39. The zero-order valence-electron chi connectivity index (χ0n) is 18.7. The maximum Gasteiger partial charge on any atom is 0.237 e. The summed E-state index contributed by atoms with van der Waals surface area (Å²) in [6.45, 7) is 5.62. The molecule has 8 heteroatoms. The summed E-state index contributed by atoms with van der Waals surface area (Å²) in [6.07, 6.45) is 7.49. The molecule has 8 nitrogen and oxygen atoms in total. The fraction of sp³-hybridized carbons (Fsp3) is 0.542. The number of nitrogens with one attached hydrogen (secondary N) is 1. The third kappa shape index (κ3) is 4.29. The Balaban J connectivity index is 1.18. The molecule has 1 spiro atoms. The molecule has 1 aromatic heterocycles. The van der Waals surface area contributed by atoms with Crippen LogP contribution in [0.3, 0.4) is 0 Å². The predicted octanol–water partition coefficient (Wildman–Crippen LogP) is 3.56. The van der Waals surface area contributed by atoms with Crippen molar-refractivity contribution in [3.63, 3.8) is 0 Å². The van der Waals surface area contributed by atoms with E-state index in [1.165, 1.54) is 0 Å². The zero-order valence-corrected chi connectivity index (χ0v) is 18.7. The summed E-state index contributed by atoms with van der Waals surface area (Å²) in [5.41, 5.74) is 1.97. The summed E-state index contributed by atoms with van der Waals surface area (Å²) < 4.78 is 16.8. The van der Waals surface area contributed by atoms with Crippen molar-refractivity contribution >= 4 is 17.4 Å². The van der Waals surface area contributed by atoms with Gasteiger partial charge in [0.25, 0.3) is 0 Å². The van der Waals surface area contributed by atoms with Crippen LogP contribution in [0.15, 0.2) is 30.6 Å². The van der Waals surface area contributed by atoms with E-state index < -0.39 is 0 Å². The number of rotatable bonds is 6. The lowest BCUT2D eigenvalue weighted by molar-refractivity contribution is -0.127. The second kappa shape index (κ2) is 8.67. The van der Waals surface area contributed by atoms with Crippen LogP contribution < -0.4 is 15.0 Å². The fourth-order valence-electron chi connectivity index (χ4n) is 4.80. The molecule has 3 heterocycles. The van der Waals surface area contributed by atoms with E-state index in [0.29, 0.717) is 11.6 Å². The smallest absolute Gasteiger partial charge is 0.237 e. The van der Waals surface area contributed by atoms with Gasteiger partial charge in [0.15, 0.2) is 0 Å². The molecule has 2 aromatic rings. The minimum atomic E-state index is 0.0247. The standard InChI is InChI=1S/C24H30N4O4/c1-16-9-18(27-23(29)17-10-19(11-17)30-2)3-4-20(16)32-22-13-25-21(12-26-22)28-7-5-24(14-28)6-8-31-15-24/h3-4,9,12-13,17,19H,5-8,10-11,14-15H2,1-2H3,(H,27,29). The van der Waals surface area contributed by atoms with Crippen LogP contribution in [0.5, 0.6) is 11.6 Å². The lowest BCUT2D eigenvalue weighted by atomic mass is 9.81. The van der Waals surface area contributed by atoms with E-state index in [4.69, 9.17) is 14.2 Å². The Morgan fingerprint density at radius 1 is 1.25 bits per heavy atom. The van der Waals surface area contributed by atoms with E-state index >= 15 is 0 Å². The van der Waals surface area contributed by atoms with Crippen LogP contribution in [0, 0.1) is 18.3 Å². The van der Waals surface area contributed by atoms with Crippen molar-refractivity contribution in [3.8, 4) is 11.6 Å². The van der Waals surface area contributed by atoms with Gasteiger partial charge in [0, 0.05) is 43.8 Å². The largest absolute Gasteiger partial charge is 0.437 e. The summed E-state index contributed by atoms with van der Waals surface area (Å²) in [7, 11) is 1.69. The van der Waals surface area contributed by atoms with Crippen LogP contribution in [-0.2, 0) is 14.3 Å². The average molecular weight is 439 g/mol. The van der Waals surface area contributed by atoms with Crippen molar-refractivity contribution in [2.75, 3.05) is 43.6 Å².